The van der Waals surface area contributed by atoms with Gasteiger partial charge in [0.25, 0.3) is 0 Å². The molecule has 4 heteroatoms. The highest BCUT2D eigenvalue weighted by molar-refractivity contribution is 5.96. The number of nitrogens with two attached hydrogens (primary N) is 1. The molecule has 0 saturated heterocycles. The van der Waals surface area contributed by atoms with Crippen molar-refractivity contribution in [3.05, 3.63) is 47.9 Å². The van der Waals surface area contributed by atoms with Gasteiger partial charge < -0.3 is 10.8 Å². The summed E-state index contributed by atoms with van der Waals surface area (Å²) in [5.74, 6) is -1.13. The number of hydrogen-bond donors (Lipinski definition) is 2. The number of nitrogens with zero attached hydrogens (tertiary/aromatic N) is 1. The summed E-state index contributed by atoms with van der Waals surface area (Å²) in [5.41, 5.74) is 5.88. The molecule has 1 heterocycles. The minimum Gasteiger partial charge on any atom is -0.477 e. The lowest BCUT2D eigenvalue weighted by Gasteiger charge is -2.01. The van der Waals surface area contributed by atoms with Crippen LogP contribution in [0.3, 0.4) is 0 Å². The number of fused-ring (bicyclic) bond motifs is 1. The second-order valence-electron chi connectivity index (χ2n) is 3.35. The number of carbonyl (C=O) groups is 1. The fourth-order valence-corrected chi connectivity index (χ4v) is 1.48. The molecule has 1 aromatic carbocycles. The average molecular weight is 214 g/mol. The zero-order chi connectivity index (χ0) is 11.5. The third-order valence-electron chi connectivity index (χ3n) is 2.26. The van der Waals surface area contributed by atoms with E-state index in [9.17, 15) is 4.79 Å². The maximum atomic E-state index is 10.6. The number of aromatic nitrogens is 1. The van der Waals surface area contributed by atoms with Crippen molar-refractivity contribution >= 4 is 22.8 Å². The SMILES string of the molecule is N/C(=C/c1cncc2ccccc12)C(=O)O. The summed E-state index contributed by atoms with van der Waals surface area (Å²) in [7, 11) is 0. The van der Waals surface area contributed by atoms with E-state index in [1.807, 2.05) is 24.3 Å². The normalized spacial score (nSPS) is 11.6. The molecule has 2 rings (SSSR count). The van der Waals surface area contributed by atoms with Crippen LogP contribution in [0.5, 0.6) is 0 Å². The number of carboxylic acids is 1. The maximum absolute atomic E-state index is 10.6. The van der Waals surface area contributed by atoms with Gasteiger partial charge in [-0.2, -0.15) is 0 Å². The first-order valence-corrected chi connectivity index (χ1v) is 4.71. The van der Waals surface area contributed by atoms with E-state index < -0.39 is 5.97 Å². The Hall–Kier alpha value is -2.36. The lowest BCUT2D eigenvalue weighted by atomic mass is 10.1. The van der Waals surface area contributed by atoms with Gasteiger partial charge in [0.2, 0.25) is 0 Å². The number of pyridine rings is 1. The zero-order valence-electron chi connectivity index (χ0n) is 8.42. The quantitative estimate of drug-likeness (QED) is 0.745. The zero-order valence-corrected chi connectivity index (χ0v) is 8.42. The van der Waals surface area contributed by atoms with Gasteiger partial charge in [0, 0.05) is 23.3 Å². The number of benzene rings is 1. The Morgan fingerprint density at radius 2 is 2.06 bits per heavy atom. The summed E-state index contributed by atoms with van der Waals surface area (Å²) in [6, 6.07) is 7.60. The maximum Gasteiger partial charge on any atom is 0.351 e. The molecule has 0 aliphatic rings. The Kier molecular flexibility index (Phi) is 2.55. The van der Waals surface area contributed by atoms with Crippen molar-refractivity contribution in [3.8, 4) is 0 Å². The lowest BCUT2D eigenvalue weighted by Crippen LogP contribution is -2.09. The first kappa shape index (κ1) is 10.2. The van der Waals surface area contributed by atoms with Gasteiger partial charge in [0.1, 0.15) is 5.70 Å². The van der Waals surface area contributed by atoms with Gasteiger partial charge in [-0.05, 0) is 11.5 Å². The molecule has 0 amide bonds. The summed E-state index contributed by atoms with van der Waals surface area (Å²) in [5, 5.41) is 10.6. The van der Waals surface area contributed by atoms with Crippen molar-refractivity contribution in [2.45, 2.75) is 0 Å². The molecule has 2 aromatic rings. The Morgan fingerprint density at radius 1 is 1.31 bits per heavy atom. The number of aliphatic carboxylic acids is 1. The Morgan fingerprint density at radius 3 is 2.81 bits per heavy atom. The Labute approximate surface area is 92.0 Å². The largest absolute Gasteiger partial charge is 0.477 e. The van der Waals surface area contributed by atoms with E-state index >= 15 is 0 Å². The molecule has 4 nitrogen and oxygen atoms in total. The van der Waals surface area contributed by atoms with E-state index in [0.717, 1.165) is 10.8 Å². The molecule has 0 saturated carbocycles. The molecule has 1 aromatic heterocycles. The van der Waals surface area contributed by atoms with Crippen LogP contribution in [-0.4, -0.2) is 16.1 Å². The first-order chi connectivity index (χ1) is 7.68. The third kappa shape index (κ3) is 1.86. The van der Waals surface area contributed by atoms with Crippen LogP contribution in [0, 0.1) is 0 Å². The van der Waals surface area contributed by atoms with Crippen molar-refractivity contribution in [3.63, 3.8) is 0 Å². The van der Waals surface area contributed by atoms with Crippen LogP contribution in [0.2, 0.25) is 0 Å². The van der Waals surface area contributed by atoms with Gasteiger partial charge >= 0.3 is 5.97 Å². The van der Waals surface area contributed by atoms with Gasteiger partial charge in [-0.1, -0.05) is 24.3 Å². The fraction of sp³-hybridized carbons (Fsp3) is 0. The van der Waals surface area contributed by atoms with Crippen molar-refractivity contribution in [1.29, 1.82) is 0 Å². The molecular formula is C12H10N2O2. The summed E-state index contributed by atoms with van der Waals surface area (Å²) >= 11 is 0. The second-order valence-corrected chi connectivity index (χ2v) is 3.35. The average Bonchev–Trinajstić information content (AvgIpc) is 2.29. The fourth-order valence-electron chi connectivity index (χ4n) is 1.48. The molecular weight excluding hydrogens is 204 g/mol. The van der Waals surface area contributed by atoms with Gasteiger partial charge in [0.05, 0.1) is 0 Å². The standard InChI is InChI=1S/C12H10N2O2/c13-11(12(15)16)5-9-7-14-6-8-3-1-2-4-10(8)9/h1-7H,13H2,(H,15,16)/b11-5+. The van der Waals surface area contributed by atoms with Crippen LogP contribution >= 0.6 is 0 Å². The Balaban J connectivity index is 2.61. The van der Waals surface area contributed by atoms with Crippen LogP contribution in [0.25, 0.3) is 16.8 Å². The van der Waals surface area contributed by atoms with E-state index in [1.165, 1.54) is 6.08 Å². The smallest absolute Gasteiger partial charge is 0.351 e. The molecule has 0 bridgehead atoms. The van der Waals surface area contributed by atoms with Gasteiger partial charge in [0.15, 0.2) is 0 Å². The summed E-state index contributed by atoms with van der Waals surface area (Å²) in [6.45, 7) is 0. The molecule has 0 fully saturated rings. The first-order valence-electron chi connectivity index (χ1n) is 4.71. The summed E-state index contributed by atoms with van der Waals surface area (Å²) < 4.78 is 0. The van der Waals surface area contributed by atoms with Crippen molar-refractivity contribution < 1.29 is 9.90 Å². The molecule has 16 heavy (non-hydrogen) atoms. The second kappa shape index (κ2) is 4.02. The Bertz CT molecular complexity index is 571. The third-order valence-corrected chi connectivity index (χ3v) is 2.26. The predicted octanol–water partition coefficient (Wildman–Crippen LogP) is 1.62. The molecule has 0 spiro atoms. The van der Waals surface area contributed by atoms with E-state index in [4.69, 9.17) is 10.8 Å². The lowest BCUT2D eigenvalue weighted by molar-refractivity contribution is -0.132. The number of carboxylic acid groups (broad SMARTS) is 1. The number of rotatable bonds is 2. The van der Waals surface area contributed by atoms with Crippen LogP contribution in [0.4, 0.5) is 0 Å². The highest BCUT2D eigenvalue weighted by atomic mass is 16.4. The van der Waals surface area contributed by atoms with Gasteiger partial charge in [-0.15, -0.1) is 0 Å². The van der Waals surface area contributed by atoms with E-state index in [1.54, 1.807) is 12.4 Å². The van der Waals surface area contributed by atoms with E-state index in [0.29, 0.717) is 5.56 Å². The highest BCUT2D eigenvalue weighted by Crippen LogP contribution is 2.18. The number of hydrogen-bond acceptors (Lipinski definition) is 3. The highest BCUT2D eigenvalue weighted by Gasteiger charge is 2.03. The van der Waals surface area contributed by atoms with E-state index in [-0.39, 0.29) is 5.70 Å². The predicted molar refractivity (Wildman–Crippen MR) is 61.5 cm³/mol. The summed E-state index contributed by atoms with van der Waals surface area (Å²) in [6.07, 6.45) is 4.74. The monoisotopic (exact) mass is 214 g/mol. The molecule has 3 N–H and O–H groups in total. The minimum atomic E-state index is -1.13. The molecule has 0 aliphatic heterocycles. The van der Waals surface area contributed by atoms with Crippen molar-refractivity contribution in [2.24, 2.45) is 5.73 Å². The molecule has 0 atom stereocenters. The topological polar surface area (TPSA) is 76.2 Å². The molecule has 0 radical (unpaired) electrons. The van der Waals surface area contributed by atoms with Crippen molar-refractivity contribution in [2.75, 3.05) is 0 Å². The minimum absolute atomic E-state index is 0.196. The van der Waals surface area contributed by atoms with Crippen LogP contribution < -0.4 is 5.73 Å². The van der Waals surface area contributed by atoms with Crippen LogP contribution in [0.15, 0.2) is 42.4 Å². The molecule has 0 aliphatic carbocycles. The van der Waals surface area contributed by atoms with Gasteiger partial charge in [-0.25, -0.2) is 4.79 Å². The van der Waals surface area contributed by atoms with Crippen molar-refractivity contribution in [1.82, 2.24) is 4.98 Å². The van der Waals surface area contributed by atoms with Gasteiger partial charge in [-0.3, -0.25) is 4.98 Å². The van der Waals surface area contributed by atoms with Crippen LogP contribution in [0.1, 0.15) is 5.56 Å². The molecule has 0 unspecified atom stereocenters. The van der Waals surface area contributed by atoms with Crippen LogP contribution in [-0.2, 0) is 4.79 Å². The summed E-state index contributed by atoms with van der Waals surface area (Å²) in [4.78, 5) is 14.7. The van der Waals surface area contributed by atoms with E-state index in [2.05, 4.69) is 4.98 Å². The molecule has 80 valence electrons.